The normalized spacial score (nSPS) is 19.4. The fourth-order valence-corrected chi connectivity index (χ4v) is 3.15. The Morgan fingerprint density at radius 1 is 1.58 bits per heavy atom. The van der Waals surface area contributed by atoms with E-state index in [1.807, 2.05) is 0 Å². The Kier molecular flexibility index (Phi) is 4.49. The van der Waals surface area contributed by atoms with Gasteiger partial charge in [-0.3, -0.25) is 14.9 Å². The van der Waals surface area contributed by atoms with Gasteiger partial charge < -0.3 is 10.0 Å². The highest BCUT2D eigenvalue weighted by molar-refractivity contribution is 7.17. The van der Waals surface area contributed by atoms with Gasteiger partial charge in [-0.1, -0.05) is 11.3 Å². The van der Waals surface area contributed by atoms with Gasteiger partial charge in [-0.2, -0.15) is 0 Å². The molecule has 7 heteroatoms. The zero-order valence-corrected chi connectivity index (χ0v) is 11.3. The minimum Gasteiger partial charge on any atom is -0.396 e. The van der Waals surface area contributed by atoms with Crippen LogP contribution in [0.4, 0.5) is 5.00 Å². The van der Waals surface area contributed by atoms with Crippen LogP contribution in [0.2, 0.25) is 0 Å². The van der Waals surface area contributed by atoms with Crippen LogP contribution in [-0.4, -0.2) is 40.5 Å². The minimum absolute atomic E-state index is 0.00716. The van der Waals surface area contributed by atoms with E-state index >= 15 is 0 Å². The summed E-state index contributed by atoms with van der Waals surface area (Å²) in [5.41, 5.74) is 0. The monoisotopic (exact) mass is 284 g/mol. The van der Waals surface area contributed by atoms with Crippen molar-refractivity contribution < 1.29 is 14.8 Å². The zero-order valence-electron chi connectivity index (χ0n) is 10.4. The lowest BCUT2D eigenvalue weighted by Crippen LogP contribution is -2.39. The molecule has 0 saturated carbocycles. The standard InChI is InChI=1S/C12H16N2O4S/c15-7-5-9-2-1-6-13(8-9)12(16)10-3-4-11(19-10)14(17)18/h3-4,9,15H,1-2,5-8H2. The van der Waals surface area contributed by atoms with E-state index in [1.54, 1.807) is 4.90 Å². The number of carbonyl (C=O) groups is 1. The molecule has 1 unspecified atom stereocenters. The van der Waals surface area contributed by atoms with E-state index < -0.39 is 4.92 Å². The summed E-state index contributed by atoms with van der Waals surface area (Å²) in [6.07, 6.45) is 2.65. The van der Waals surface area contributed by atoms with E-state index in [-0.39, 0.29) is 17.5 Å². The lowest BCUT2D eigenvalue weighted by atomic mass is 9.95. The predicted molar refractivity (Wildman–Crippen MR) is 71.3 cm³/mol. The second-order valence-electron chi connectivity index (χ2n) is 4.67. The molecule has 1 aromatic rings. The lowest BCUT2D eigenvalue weighted by Gasteiger charge is -2.32. The van der Waals surface area contributed by atoms with Gasteiger partial charge in [0.05, 0.1) is 9.80 Å². The number of thiophene rings is 1. The Labute approximate surface area is 114 Å². The smallest absolute Gasteiger partial charge is 0.324 e. The van der Waals surface area contributed by atoms with E-state index in [0.717, 1.165) is 24.2 Å². The number of likely N-dealkylation sites (tertiary alicyclic amines) is 1. The number of carbonyl (C=O) groups excluding carboxylic acids is 1. The lowest BCUT2D eigenvalue weighted by molar-refractivity contribution is -0.380. The Bertz CT molecular complexity index is 472. The summed E-state index contributed by atoms with van der Waals surface area (Å²) in [6, 6.07) is 2.88. The Morgan fingerprint density at radius 3 is 3.00 bits per heavy atom. The third-order valence-corrected chi connectivity index (χ3v) is 4.35. The number of rotatable bonds is 4. The SMILES string of the molecule is O=C(c1ccc([N+](=O)[O-])s1)N1CCCC(CCO)C1. The topological polar surface area (TPSA) is 83.7 Å². The summed E-state index contributed by atoms with van der Waals surface area (Å²) in [6.45, 7) is 1.45. The van der Waals surface area contributed by atoms with Crippen LogP contribution in [0.25, 0.3) is 0 Å². The Hall–Kier alpha value is -1.47. The Balaban J connectivity index is 2.03. The molecule has 2 heterocycles. The van der Waals surface area contributed by atoms with Crippen LogP contribution < -0.4 is 0 Å². The molecule has 1 saturated heterocycles. The molecule has 1 N–H and O–H groups in total. The maximum Gasteiger partial charge on any atom is 0.324 e. The number of amides is 1. The Morgan fingerprint density at radius 2 is 2.37 bits per heavy atom. The van der Waals surface area contributed by atoms with Crippen molar-refractivity contribution >= 4 is 22.2 Å². The van der Waals surface area contributed by atoms with Crippen LogP contribution in [0, 0.1) is 16.0 Å². The fraction of sp³-hybridized carbons (Fsp3) is 0.583. The molecule has 0 bridgehead atoms. The van der Waals surface area contributed by atoms with Crippen LogP contribution in [0.5, 0.6) is 0 Å². The molecule has 1 aliphatic heterocycles. The predicted octanol–water partition coefficient (Wildman–Crippen LogP) is 1.89. The second kappa shape index (κ2) is 6.12. The number of aliphatic hydroxyl groups is 1. The molecule has 0 aliphatic carbocycles. The number of aliphatic hydroxyl groups excluding tert-OH is 1. The summed E-state index contributed by atoms with van der Waals surface area (Å²) in [7, 11) is 0. The summed E-state index contributed by atoms with van der Waals surface area (Å²) < 4.78 is 0. The first-order valence-electron chi connectivity index (χ1n) is 6.26. The van der Waals surface area contributed by atoms with Crippen molar-refractivity contribution in [2.24, 2.45) is 5.92 Å². The average Bonchev–Trinajstić information content (AvgIpc) is 2.88. The van der Waals surface area contributed by atoms with Gasteiger partial charge >= 0.3 is 5.00 Å². The van der Waals surface area contributed by atoms with Crippen LogP contribution >= 0.6 is 11.3 Å². The first kappa shape index (κ1) is 14.0. The van der Waals surface area contributed by atoms with Crippen molar-refractivity contribution in [2.45, 2.75) is 19.3 Å². The summed E-state index contributed by atoms with van der Waals surface area (Å²) in [5, 5.41) is 19.6. The van der Waals surface area contributed by atoms with Crippen molar-refractivity contribution in [2.75, 3.05) is 19.7 Å². The molecule has 0 radical (unpaired) electrons. The molecular formula is C12H16N2O4S. The molecule has 2 rings (SSSR count). The van der Waals surface area contributed by atoms with Crippen LogP contribution in [0.3, 0.4) is 0 Å². The molecule has 104 valence electrons. The van der Waals surface area contributed by atoms with Gasteiger partial charge in [0, 0.05) is 25.8 Å². The highest BCUT2D eigenvalue weighted by atomic mass is 32.1. The largest absolute Gasteiger partial charge is 0.396 e. The van der Waals surface area contributed by atoms with Gasteiger partial charge in [0.1, 0.15) is 0 Å². The highest BCUT2D eigenvalue weighted by Crippen LogP contribution is 2.27. The average molecular weight is 284 g/mol. The molecular weight excluding hydrogens is 268 g/mol. The van der Waals surface area contributed by atoms with Gasteiger partial charge in [0.2, 0.25) is 0 Å². The molecule has 6 nitrogen and oxygen atoms in total. The summed E-state index contributed by atoms with van der Waals surface area (Å²) in [4.78, 5) is 24.5. The molecule has 0 aromatic carbocycles. The second-order valence-corrected chi connectivity index (χ2v) is 5.73. The van der Waals surface area contributed by atoms with Crippen molar-refractivity contribution in [1.82, 2.24) is 4.90 Å². The number of hydrogen-bond donors (Lipinski definition) is 1. The molecule has 19 heavy (non-hydrogen) atoms. The van der Waals surface area contributed by atoms with Gasteiger partial charge in [-0.25, -0.2) is 0 Å². The molecule has 0 spiro atoms. The van der Waals surface area contributed by atoms with E-state index in [2.05, 4.69) is 0 Å². The van der Waals surface area contributed by atoms with E-state index in [1.165, 1.54) is 12.1 Å². The molecule has 1 atom stereocenters. The third kappa shape index (κ3) is 3.30. The first-order valence-corrected chi connectivity index (χ1v) is 7.08. The summed E-state index contributed by atoms with van der Waals surface area (Å²) in [5.74, 6) is 0.193. The number of piperidine rings is 1. The summed E-state index contributed by atoms with van der Waals surface area (Å²) >= 11 is 0.918. The molecule has 1 amide bonds. The van der Waals surface area contributed by atoms with E-state index in [4.69, 9.17) is 5.11 Å². The fourth-order valence-electron chi connectivity index (χ4n) is 2.36. The van der Waals surface area contributed by atoms with Crippen molar-refractivity contribution in [3.63, 3.8) is 0 Å². The third-order valence-electron chi connectivity index (χ3n) is 3.33. The van der Waals surface area contributed by atoms with Crippen LogP contribution in [0.15, 0.2) is 12.1 Å². The van der Waals surface area contributed by atoms with Gasteiger partial charge in [0.25, 0.3) is 5.91 Å². The number of nitrogens with zero attached hydrogens (tertiary/aromatic N) is 2. The maximum absolute atomic E-state index is 12.2. The molecule has 1 fully saturated rings. The van der Waals surface area contributed by atoms with Crippen LogP contribution in [-0.2, 0) is 0 Å². The molecule has 1 aliphatic rings. The van der Waals surface area contributed by atoms with Gasteiger partial charge in [-0.05, 0) is 31.2 Å². The quantitative estimate of drug-likeness (QED) is 0.676. The van der Waals surface area contributed by atoms with Crippen LogP contribution in [0.1, 0.15) is 28.9 Å². The maximum atomic E-state index is 12.2. The van der Waals surface area contributed by atoms with Gasteiger partial charge in [0.15, 0.2) is 0 Å². The van der Waals surface area contributed by atoms with Crippen molar-refractivity contribution in [3.8, 4) is 0 Å². The number of nitro groups is 1. The van der Waals surface area contributed by atoms with E-state index in [9.17, 15) is 14.9 Å². The van der Waals surface area contributed by atoms with Gasteiger partial charge in [-0.15, -0.1) is 0 Å². The first-order chi connectivity index (χ1) is 9.11. The van der Waals surface area contributed by atoms with E-state index in [0.29, 0.717) is 30.3 Å². The minimum atomic E-state index is -0.480. The zero-order chi connectivity index (χ0) is 13.8. The van der Waals surface area contributed by atoms with Crippen molar-refractivity contribution in [1.29, 1.82) is 0 Å². The highest BCUT2D eigenvalue weighted by Gasteiger charge is 2.26. The van der Waals surface area contributed by atoms with Crippen molar-refractivity contribution in [3.05, 3.63) is 27.1 Å². The molecule has 1 aromatic heterocycles. The number of hydrogen-bond acceptors (Lipinski definition) is 5.